The molecular formula is C96H171NO8. The standard InChI is InChI=1S/C96H171NO8/c1-6-8-10-12-14-16-18-20-22-24-26-28-30-32-34-36-38-40-42-44-46-47-49-51-53-55-57-59-61-63-65-67-69-71-73-75-77-79-81-83-85-87-94(99)105-92(91-104-96(95(100)101)102-89-88-97(3,4)5)90-103-93(98)86-84-82-80-78-76-74-72-70-68-66-64-62-60-58-56-54-52-50-48-45-43-41-39-37-35-33-31-29-27-25-23-21-19-17-15-13-11-9-7-2/h8,10,14,16,19-22,25-28,31-34,38,40,92,96H,6-7,9,11-13,15,17-18,23-24,29-30,35-37,39,41-91H2,1-5H3/b10-8-,16-14-,21-19-,22-20-,27-25-,28-26-,33-31-,34-32-,40-38-. The fourth-order valence-corrected chi connectivity index (χ4v) is 13.2. The molecule has 0 aromatic carbocycles. The van der Waals surface area contributed by atoms with Crippen LogP contribution >= 0.6 is 0 Å². The van der Waals surface area contributed by atoms with Crippen molar-refractivity contribution in [2.45, 2.75) is 437 Å². The number of carbonyl (C=O) groups excluding carboxylic acids is 3. The molecule has 0 saturated carbocycles. The number of carboxylic acid groups (broad SMARTS) is 1. The lowest BCUT2D eigenvalue weighted by Crippen LogP contribution is -2.44. The molecule has 105 heavy (non-hydrogen) atoms. The van der Waals surface area contributed by atoms with E-state index in [1.165, 1.54) is 308 Å². The molecule has 2 atom stereocenters. The van der Waals surface area contributed by atoms with E-state index in [-0.39, 0.29) is 32.2 Å². The Kier molecular flexibility index (Phi) is 82.3. The number of ether oxygens (including phenoxy) is 4. The van der Waals surface area contributed by atoms with Crippen molar-refractivity contribution in [1.29, 1.82) is 0 Å². The van der Waals surface area contributed by atoms with E-state index in [2.05, 4.69) is 123 Å². The van der Waals surface area contributed by atoms with Gasteiger partial charge in [0.05, 0.1) is 40.3 Å². The van der Waals surface area contributed by atoms with Crippen LogP contribution in [0.4, 0.5) is 0 Å². The van der Waals surface area contributed by atoms with Gasteiger partial charge in [0.25, 0.3) is 0 Å². The van der Waals surface area contributed by atoms with Crippen LogP contribution in [0.5, 0.6) is 0 Å². The zero-order valence-corrected chi connectivity index (χ0v) is 69.8. The van der Waals surface area contributed by atoms with Crippen molar-refractivity contribution in [3.63, 3.8) is 0 Å². The highest BCUT2D eigenvalue weighted by molar-refractivity contribution is 5.70. The molecule has 0 aromatic heterocycles. The molecule has 9 nitrogen and oxygen atoms in total. The summed E-state index contributed by atoms with van der Waals surface area (Å²) < 4.78 is 22.9. The van der Waals surface area contributed by atoms with Gasteiger partial charge >= 0.3 is 11.9 Å². The van der Waals surface area contributed by atoms with Gasteiger partial charge in [-0.15, -0.1) is 0 Å². The maximum absolute atomic E-state index is 13.0. The van der Waals surface area contributed by atoms with E-state index in [1.807, 2.05) is 21.1 Å². The molecule has 0 aliphatic carbocycles. The third-order valence-electron chi connectivity index (χ3n) is 20.0. The minimum atomic E-state index is -1.62. The van der Waals surface area contributed by atoms with Crippen LogP contribution in [0.15, 0.2) is 109 Å². The summed E-state index contributed by atoms with van der Waals surface area (Å²) in [5, 5.41) is 11.9. The van der Waals surface area contributed by atoms with Crippen molar-refractivity contribution >= 4 is 17.9 Å². The van der Waals surface area contributed by atoms with Gasteiger partial charge in [-0.2, -0.15) is 0 Å². The lowest BCUT2D eigenvalue weighted by molar-refractivity contribution is -0.870. The average Bonchev–Trinajstić information content (AvgIpc) is 1.18. The van der Waals surface area contributed by atoms with Gasteiger partial charge in [-0.1, -0.05) is 419 Å². The van der Waals surface area contributed by atoms with Crippen LogP contribution in [0, 0.1) is 0 Å². The Morgan fingerprint density at radius 1 is 0.295 bits per heavy atom. The van der Waals surface area contributed by atoms with E-state index in [4.69, 9.17) is 18.9 Å². The summed E-state index contributed by atoms with van der Waals surface area (Å²) in [6.07, 6.45) is 118. The zero-order chi connectivity index (χ0) is 76.0. The fourth-order valence-electron chi connectivity index (χ4n) is 13.2. The summed E-state index contributed by atoms with van der Waals surface area (Å²) in [4.78, 5) is 37.7. The Labute approximate surface area is 651 Å². The van der Waals surface area contributed by atoms with Crippen LogP contribution in [-0.4, -0.2) is 82.3 Å². The van der Waals surface area contributed by atoms with Crippen molar-refractivity contribution in [2.24, 2.45) is 0 Å². The molecule has 0 radical (unpaired) electrons. The summed E-state index contributed by atoms with van der Waals surface area (Å²) in [6.45, 7) is 4.68. The van der Waals surface area contributed by atoms with Crippen molar-refractivity contribution in [3.05, 3.63) is 109 Å². The average molecular weight is 1470 g/mol. The van der Waals surface area contributed by atoms with Gasteiger partial charge < -0.3 is 33.3 Å². The van der Waals surface area contributed by atoms with Crippen LogP contribution in [0.3, 0.4) is 0 Å². The van der Waals surface area contributed by atoms with Crippen molar-refractivity contribution in [3.8, 4) is 0 Å². The number of hydrogen-bond acceptors (Lipinski definition) is 8. The first-order valence-electron chi connectivity index (χ1n) is 45.0. The maximum atomic E-state index is 13.0. The highest BCUT2D eigenvalue weighted by Crippen LogP contribution is 2.20. The molecule has 0 N–H and O–H groups in total. The van der Waals surface area contributed by atoms with E-state index in [0.29, 0.717) is 23.9 Å². The molecule has 0 aliphatic rings. The van der Waals surface area contributed by atoms with Gasteiger partial charge in [0.1, 0.15) is 13.2 Å². The largest absolute Gasteiger partial charge is 0.545 e. The normalized spacial score (nSPS) is 13.1. The molecular weight excluding hydrogens is 1300 g/mol. The summed E-state index contributed by atoms with van der Waals surface area (Å²) in [6, 6.07) is 0. The molecule has 9 heteroatoms. The Bertz CT molecular complexity index is 2110. The second kappa shape index (κ2) is 85.6. The minimum Gasteiger partial charge on any atom is -0.545 e. The number of esters is 2. The predicted molar refractivity (Wildman–Crippen MR) is 454 cm³/mol. The second-order valence-corrected chi connectivity index (χ2v) is 31.5. The van der Waals surface area contributed by atoms with Crippen LogP contribution in [-0.2, 0) is 33.3 Å². The molecule has 608 valence electrons. The Hall–Kier alpha value is -4.05. The quantitative estimate of drug-likeness (QED) is 0.0195. The summed E-state index contributed by atoms with van der Waals surface area (Å²) in [5.74, 6) is -2.25. The number of rotatable bonds is 84. The van der Waals surface area contributed by atoms with E-state index >= 15 is 0 Å². The lowest BCUT2D eigenvalue weighted by atomic mass is 10.0. The van der Waals surface area contributed by atoms with Crippen molar-refractivity contribution in [2.75, 3.05) is 47.5 Å². The van der Waals surface area contributed by atoms with Gasteiger partial charge in [0.2, 0.25) is 0 Å². The summed E-state index contributed by atoms with van der Waals surface area (Å²) in [7, 11) is 5.95. The maximum Gasteiger partial charge on any atom is 0.306 e. The monoisotopic (exact) mass is 1470 g/mol. The number of nitrogens with zero attached hydrogens (tertiary/aromatic N) is 1. The van der Waals surface area contributed by atoms with Gasteiger partial charge in [0.15, 0.2) is 12.4 Å². The van der Waals surface area contributed by atoms with Gasteiger partial charge in [0, 0.05) is 12.8 Å². The smallest absolute Gasteiger partial charge is 0.306 e. The zero-order valence-electron chi connectivity index (χ0n) is 69.8. The van der Waals surface area contributed by atoms with Crippen LogP contribution in [0.25, 0.3) is 0 Å². The van der Waals surface area contributed by atoms with E-state index in [0.717, 1.165) is 83.5 Å². The van der Waals surface area contributed by atoms with Crippen molar-refractivity contribution in [1.82, 2.24) is 0 Å². The number of carbonyl (C=O) groups is 3. The summed E-state index contributed by atoms with van der Waals surface area (Å²) in [5.41, 5.74) is 0. The lowest BCUT2D eigenvalue weighted by Gasteiger charge is -2.26. The van der Waals surface area contributed by atoms with Gasteiger partial charge in [-0.05, 0) is 103 Å². The molecule has 0 spiro atoms. The topological polar surface area (TPSA) is 111 Å². The highest BCUT2D eigenvalue weighted by Gasteiger charge is 2.22. The first kappa shape index (κ1) is 101. The van der Waals surface area contributed by atoms with Crippen LogP contribution in [0.1, 0.15) is 425 Å². The Balaban J connectivity index is 3.92. The molecule has 0 bridgehead atoms. The highest BCUT2D eigenvalue weighted by atomic mass is 16.7. The van der Waals surface area contributed by atoms with E-state index < -0.39 is 24.3 Å². The number of allylic oxidation sites excluding steroid dienone is 18. The molecule has 0 fully saturated rings. The summed E-state index contributed by atoms with van der Waals surface area (Å²) >= 11 is 0. The number of hydrogen-bond donors (Lipinski definition) is 0. The molecule has 0 rings (SSSR count). The molecule has 0 amide bonds. The third-order valence-corrected chi connectivity index (χ3v) is 20.0. The Morgan fingerprint density at radius 3 is 0.810 bits per heavy atom. The number of carboxylic acids is 1. The van der Waals surface area contributed by atoms with Crippen LogP contribution in [0.2, 0.25) is 0 Å². The van der Waals surface area contributed by atoms with E-state index in [1.54, 1.807) is 0 Å². The molecule has 0 saturated heterocycles. The fraction of sp³-hybridized carbons (Fsp3) is 0.781. The van der Waals surface area contributed by atoms with Gasteiger partial charge in [-0.3, -0.25) is 9.59 Å². The predicted octanol–water partition coefficient (Wildman–Crippen LogP) is 28.3. The molecule has 0 aliphatic heterocycles. The van der Waals surface area contributed by atoms with Crippen molar-refractivity contribution < 1.29 is 42.9 Å². The first-order chi connectivity index (χ1) is 51.6. The minimum absolute atomic E-state index is 0.148. The molecule has 2 unspecified atom stereocenters. The third kappa shape index (κ3) is 87.1. The SMILES string of the molecule is CC/C=C\C/C=C\C/C=C\C/C=C\C/C=C\C/C=C\CCCCCCCCCCCCCCCCCCCCCCCCC(=O)OC(COC(=O)CCCCCCCCCCCCCCCCCCCCCCCCCC/C=C\C/C=C\C/C=C\CCCCCCC)COC(OCC[N+](C)(C)C)C(=O)[O-]. The second-order valence-electron chi connectivity index (χ2n) is 31.5. The number of quaternary nitrogens is 1. The Morgan fingerprint density at radius 2 is 0.543 bits per heavy atom. The number of likely N-dealkylation sites (N-methyl/N-ethyl adjacent to an activating group) is 1. The van der Waals surface area contributed by atoms with Crippen LogP contribution < -0.4 is 5.11 Å². The van der Waals surface area contributed by atoms with Gasteiger partial charge in [-0.25, -0.2) is 0 Å². The number of unbranched alkanes of at least 4 members (excludes halogenated alkanes) is 51. The number of aliphatic carboxylic acids is 1. The molecule has 0 heterocycles. The van der Waals surface area contributed by atoms with E-state index in [9.17, 15) is 19.5 Å². The molecule has 0 aromatic rings. The first-order valence-corrected chi connectivity index (χ1v) is 45.0.